The molecule has 6 heterocycles. The minimum Gasteiger partial charge on any atom is -0.456 e. The Kier molecular flexibility index (Phi) is 12.3. The predicted molar refractivity (Wildman–Crippen MR) is 387 cm³/mol. The first-order chi connectivity index (χ1) is 46.5. The highest BCUT2D eigenvalue weighted by molar-refractivity contribution is 7.26. The molecule has 0 aliphatic rings. The summed E-state index contributed by atoms with van der Waals surface area (Å²) in [5, 5.41) is 8.69. The third-order valence-corrected chi connectivity index (χ3v) is 19.6. The van der Waals surface area contributed by atoms with E-state index in [9.17, 15) is 0 Å². The summed E-state index contributed by atoms with van der Waals surface area (Å²) in [6.45, 7) is 0. The monoisotopic (exact) mass is 1220 g/mol. The van der Waals surface area contributed by atoms with Crippen molar-refractivity contribution in [2.45, 2.75) is 0 Å². The zero-order valence-corrected chi connectivity index (χ0v) is 51.1. The SMILES string of the molecule is c1ccc(-c2ccc(-c3cc(-c4ccc(-c5ccc(-c6ccc7c(c6)oc6ccc(-c8nc(-c9ccccc9)cc(-c9ccccc9)n8)cc67)c6c5oc5ccccc56)cc4)nc(-c4ccc5oc6cc(-c7cccc8c7sc7ccccc78)ccc6c5c4)n3)cc2)cc1. The summed E-state index contributed by atoms with van der Waals surface area (Å²) < 4.78 is 22.8. The minimum atomic E-state index is 0.621. The number of furan rings is 3. The summed E-state index contributed by atoms with van der Waals surface area (Å²) in [6.07, 6.45) is 0. The van der Waals surface area contributed by atoms with E-state index in [4.69, 9.17) is 33.2 Å². The van der Waals surface area contributed by atoms with Gasteiger partial charge in [-0.05, 0) is 130 Å². The molecule has 94 heavy (non-hydrogen) atoms. The third kappa shape index (κ3) is 9.10. The molecule has 0 atom stereocenters. The molecule has 0 saturated carbocycles. The molecule has 7 nitrogen and oxygen atoms in total. The highest BCUT2D eigenvalue weighted by Gasteiger charge is 2.22. The molecule has 19 rings (SSSR count). The Morgan fingerprint density at radius 3 is 1.23 bits per heavy atom. The van der Waals surface area contributed by atoms with Crippen molar-refractivity contribution in [3.63, 3.8) is 0 Å². The van der Waals surface area contributed by atoms with E-state index in [0.29, 0.717) is 11.6 Å². The van der Waals surface area contributed by atoms with E-state index in [1.54, 1.807) is 0 Å². The zero-order chi connectivity index (χ0) is 61.8. The summed E-state index contributed by atoms with van der Waals surface area (Å²) in [5.74, 6) is 1.27. The van der Waals surface area contributed by atoms with Gasteiger partial charge in [0, 0.05) is 91.4 Å². The van der Waals surface area contributed by atoms with E-state index in [0.717, 1.165) is 161 Å². The molecular formula is C86H50N4O3S. The van der Waals surface area contributed by atoms with E-state index >= 15 is 0 Å². The number of fused-ring (bicyclic) bond motifs is 12. The first-order valence-corrected chi connectivity index (χ1v) is 32.3. The number of thiophene rings is 1. The van der Waals surface area contributed by atoms with Crippen molar-refractivity contribution in [2.24, 2.45) is 0 Å². The Morgan fingerprint density at radius 2 is 0.649 bits per heavy atom. The summed E-state index contributed by atoms with van der Waals surface area (Å²) in [5.41, 5.74) is 22.7. The molecule has 0 bridgehead atoms. The minimum absolute atomic E-state index is 0.621. The Bertz CT molecular complexity index is 6150. The van der Waals surface area contributed by atoms with Crippen LogP contribution >= 0.6 is 11.3 Å². The highest BCUT2D eigenvalue weighted by Crippen LogP contribution is 2.46. The fraction of sp³-hybridized carbons (Fsp3) is 0. The van der Waals surface area contributed by atoms with Crippen molar-refractivity contribution < 1.29 is 13.3 Å². The van der Waals surface area contributed by atoms with Crippen molar-refractivity contribution in [1.29, 1.82) is 0 Å². The van der Waals surface area contributed by atoms with Crippen molar-refractivity contribution in [2.75, 3.05) is 0 Å². The molecule has 0 amide bonds. The first-order valence-electron chi connectivity index (χ1n) is 31.5. The maximum atomic E-state index is 6.89. The van der Waals surface area contributed by atoms with Crippen LogP contribution in [0.4, 0.5) is 0 Å². The Balaban J connectivity index is 0.676. The van der Waals surface area contributed by atoms with Crippen LogP contribution in [-0.2, 0) is 0 Å². The quantitative estimate of drug-likeness (QED) is 0.135. The number of hydrogen-bond donors (Lipinski definition) is 0. The van der Waals surface area contributed by atoms with Crippen LogP contribution < -0.4 is 0 Å². The van der Waals surface area contributed by atoms with Gasteiger partial charge >= 0.3 is 0 Å². The molecule has 438 valence electrons. The van der Waals surface area contributed by atoms with Gasteiger partial charge in [-0.3, -0.25) is 0 Å². The van der Waals surface area contributed by atoms with Crippen LogP contribution in [0.5, 0.6) is 0 Å². The van der Waals surface area contributed by atoms with Crippen LogP contribution in [0.1, 0.15) is 0 Å². The van der Waals surface area contributed by atoms with Crippen LogP contribution in [0.15, 0.2) is 317 Å². The van der Waals surface area contributed by atoms with Gasteiger partial charge in [-0.2, -0.15) is 0 Å². The van der Waals surface area contributed by atoms with Gasteiger partial charge < -0.3 is 13.3 Å². The number of aromatic nitrogens is 4. The van der Waals surface area contributed by atoms with E-state index in [-0.39, 0.29) is 0 Å². The molecule has 0 fully saturated rings. The maximum absolute atomic E-state index is 6.89. The normalized spacial score (nSPS) is 11.8. The number of rotatable bonds is 10. The molecule has 13 aromatic carbocycles. The van der Waals surface area contributed by atoms with E-state index in [1.807, 2.05) is 72.0 Å². The second kappa shape index (κ2) is 21.7. The molecule has 0 unspecified atom stereocenters. The molecule has 0 spiro atoms. The van der Waals surface area contributed by atoms with Gasteiger partial charge in [-0.1, -0.05) is 212 Å². The van der Waals surface area contributed by atoms with Gasteiger partial charge in [0.15, 0.2) is 11.6 Å². The summed E-state index contributed by atoms with van der Waals surface area (Å²) in [7, 11) is 0. The molecule has 19 aromatic rings. The van der Waals surface area contributed by atoms with Gasteiger partial charge in [0.1, 0.15) is 33.5 Å². The molecule has 0 aliphatic carbocycles. The second-order valence-electron chi connectivity index (χ2n) is 24.0. The van der Waals surface area contributed by atoms with Gasteiger partial charge in [0.05, 0.1) is 22.8 Å². The molecule has 0 radical (unpaired) electrons. The van der Waals surface area contributed by atoms with Crippen LogP contribution in [0.3, 0.4) is 0 Å². The Hall–Kier alpha value is -12.4. The molecule has 0 saturated heterocycles. The fourth-order valence-electron chi connectivity index (χ4n) is 13.7. The Labute approximate surface area is 542 Å². The smallest absolute Gasteiger partial charge is 0.160 e. The largest absolute Gasteiger partial charge is 0.456 e. The topological polar surface area (TPSA) is 91.0 Å². The lowest BCUT2D eigenvalue weighted by atomic mass is 9.93. The standard InChI is InChI=1S/C86H50N4O3S/c1-4-15-51(16-5-1)52-27-31-56(32-28-52)74-50-75(90-86(89-74)61-38-44-78-71(46-61)66-40-36-59(48-80(66)92-78)64-23-14-24-68-67-21-11-13-26-81(67)94-84(64)68)57-33-29-53(30-34-57)63-42-41-62(82-69-22-10-12-25-76(69)93-83(63)82)58-35-39-65-70-45-60(37-43-77(70)91-79(65)47-58)85-87-72(54-17-6-2-7-18-54)49-73(88-85)55-19-8-3-9-20-55/h1-50H. The van der Waals surface area contributed by atoms with Crippen LogP contribution in [0.25, 0.3) is 198 Å². The average molecular weight is 1220 g/mol. The second-order valence-corrected chi connectivity index (χ2v) is 25.0. The number of para-hydroxylation sites is 1. The van der Waals surface area contributed by atoms with Gasteiger partial charge in [0.2, 0.25) is 0 Å². The van der Waals surface area contributed by atoms with Gasteiger partial charge in [0.25, 0.3) is 0 Å². The lowest BCUT2D eigenvalue weighted by Gasteiger charge is -2.12. The summed E-state index contributed by atoms with van der Waals surface area (Å²) >= 11 is 1.84. The number of benzene rings is 13. The predicted octanol–water partition coefficient (Wildman–Crippen LogP) is 24.0. The van der Waals surface area contributed by atoms with Crippen LogP contribution in [0, 0.1) is 0 Å². The lowest BCUT2D eigenvalue weighted by Crippen LogP contribution is -1.96. The summed E-state index contributed by atoms with van der Waals surface area (Å²) in [4.78, 5) is 21.0. The number of nitrogens with zero attached hydrogens (tertiary/aromatic N) is 4. The lowest BCUT2D eigenvalue weighted by molar-refractivity contribution is 0.668. The van der Waals surface area contributed by atoms with E-state index < -0.39 is 0 Å². The zero-order valence-electron chi connectivity index (χ0n) is 50.3. The first kappa shape index (κ1) is 53.5. The number of hydrogen-bond acceptors (Lipinski definition) is 8. The van der Waals surface area contributed by atoms with Crippen molar-refractivity contribution in [1.82, 2.24) is 19.9 Å². The molecule has 0 N–H and O–H groups in total. The molecule has 0 aliphatic heterocycles. The fourth-order valence-corrected chi connectivity index (χ4v) is 14.9. The third-order valence-electron chi connectivity index (χ3n) is 18.4. The molecule has 6 aromatic heterocycles. The van der Waals surface area contributed by atoms with E-state index in [1.165, 1.54) is 25.7 Å². The Morgan fingerprint density at radius 1 is 0.223 bits per heavy atom. The van der Waals surface area contributed by atoms with Crippen molar-refractivity contribution in [3.05, 3.63) is 303 Å². The van der Waals surface area contributed by atoms with Gasteiger partial charge in [-0.25, -0.2) is 19.9 Å². The van der Waals surface area contributed by atoms with Crippen LogP contribution in [-0.4, -0.2) is 19.9 Å². The van der Waals surface area contributed by atoms with Crippen LogP contribution in [0.2, 0.25) is 0 Å². The maximum Gasteiger partial charge on any atom is 0.160 e. The summed E-state index contributed by atoms with van der Waals surface area (Å²) in [6, 6.07) is 106. The molecular weight excluding hydrogens is 1170 g/mol. The highest BCUT2D eigenvalue weighted by atomic mass is 32.1. The van der Waals surface area contributed by atoms with Gasteiger partial charge in [-0.15, -0.1) is 11.3 Å². The molecule has 8 heteroatoms. The van der Waals surface area contributed by atoms with E-state index in [2.05, 4.69) is 243 Å². The van der Waals surface area contributed by atoms with Crippen molar-refractivity contribution in [3.8, 4) is 112 Å². The van der Waals surface area contributed by atoms with Crippen molar-refractivity contribution >= 4 is 97.3 Å². The average Bonchev–Trinajstić information content (AvgIpc) is 1.57.